The van der Waals surface area contributed by atoms with E-state index < -0.39 is 0 Å². The first-order valence-electron chi connectivity index (χ1n) is 10.9. The topological polar surface area (TPSA) is 90.6 Å². The van der Waals surface area contributed by atoms with Crippen LogP contribution in [0.1, 0.15) is 30.9 Å². The maximum Gasteiger partial charge on any atom is 0.258 e. The predicted molar refractivity (Wildman–Crippen MR) is 125 cm³/mol. The molecular formula is C25H27N5O3. The van der Waals surface area contributed by atoms with Gasteiger partial charge in [0, 0.05) is 11.6 Å². The summed E-state index contributed by atoms with van der Waals surface area (Å²) in [6.07, 6.45) is 0. The van der Waals surface area contributed by atoms with Crippen molar-refractivity contribution in [3.05, 3.63) is 71.8 Å². The van der Waals surface area contributed by atoms with Crippen LogP contribution >= 0.6 is 0 Å². The van der Waals surface area contributed by atoms with Gasteiger partial charge in [0.05, 0.1) is 6.54 Å². The quantitative estimate of drug-likeness (QED) is 0.394. The highest BCUT2D eigenvalue weighted by Crippen LogP contribution is 2.27. The van der Waals surface area contributed by atoms with Crippen LogP contribution in [0.25, 0.3) is 17.0 Å². The molecule has 4 rings (SSSR count). The van der Waals surface area contributed by atoms with Crippen LogP contribution in [0.5, 0.6) is 11.6 Å². The first-order chi connectivity index (χ1) is 16.0. The molecule has 2 heterocycles. The van der Waals surface area contributed by atoms with Gasteiger partial charge in [0.25, 0.3) is 5.91 Å². The number of nitrogens with one attached hydrogen (secondary N) is 1. The van der Waals surface area contributed by atoms with Crippen LogP contribution in [0.4, 0.5) is 0 Å². The van der Waals surface area contributed by atoms with Gasteiger partial charge < -0.3 is 14.8 Å². The van der Waals surface area contributed by atoms with Crippen LogP contribution in [-0.4, -0.2) is 45.5 Å². The lowest BCUT2D eigenvalue weighted by Gasteiger charge is -2.15. The Hall–Kier alpha value is -3.94. The van der Waals surface area contributed by atoms with Crippen molar-refractivity contribution in [2.45, 2.75) is 26.7 Å². The zero-order valence-electron chi connectivity index (χ0n) is 19.0. The number of nitrogens with zero attached hydrogens (tertiary/aromatic N) is 4. The molecule has 0 aliphatic carbocycles. The van der Waals surface area contributed by atoms with Crippen molar-refractivity contribution in [1.29, 1.82) is 0 Å². The zero-order chi connectivity index (χ0) is 23.2. The molecule has 0 radical (unpaired) electrons. The largest absolute Gasteiger partial charge is 0.483 e. The standard InChI is InChI=1S/C25H27N5O3/c1-17(2)20-10-9-18(3)15-21(20)33-16-23(31)26-13-14-32-24-12-11-22-27-28-25(30(22)29-24)19-7-5-4-6-8-19/h4-12,15,17H,13-14,16H2,1-3H3,(H,26,31). The third-order valence-electron chi connectivity index (χ3n) is 5.09. The van der Waals surface area contributed by atoms with Crippen molar-refractivity contribution in [3.63, 3.8) is 0 Å². The highest BCUT2D eigenvalue weighted by Gasteiger charge is 2.12. The number of benzene rings is 2. The Bertz CT molecular complexity index is 1240. The van der Waals surface area contributed by atoms with Crippen molar-refractivity contribution in [2.24, 2.45) is 0 Å². The van der Waals surface area contributed by atoms with Crippen molar-refractivity contribution in [2.75, 3.05) is 19.8 Å². The third-order valence-corrected chi connectivity index (χ3v) is 5.09. The van der Waals surface area contributed by atoms with Gasteiger partial charge in [-0.25, -0.2) is 0 Å². The Balaban J connectivity index is 1.29. The number of aromatic nitrogens is 4. The third kappa shape index (κ3) is 5.46. The number of rotatable bonds is 9. The molecule has 2 aromatic heterocycles. The van der Waals surface area contributed by atoms with Gasteiger partial charge in [-0.3, -0.25) is 4.79 Å². The zero-order valence-corrected chi connectivity index (χ0v) is 19.0. The fraction of sp³-hybridized carbons (Fsp3) is 0.280. The maximum absolute atomic E-state index is 12.2. The van der Waals surface area contributed by atoms with Gasteiger partial charge in [-0.05, 0) is 36.1 Å². The van der Waals surface area contributed by atoms with Crippen LogP contribution in [0.2, 0.25) is 0 Å². The Morgan fingerprint density at radius 2 is 1.85 bits per heavy atom. The lowest BCUT2D eigenvalue weighted by molar-refractivity contribution is -0.123. The average Bonchev–Trinajstić information content (AvgIpc) is 3.24. The molecule has 8 heteroatoms. The molecule has 8 nitrogen and oxygen atoms in total. The molecule has 1 N–H and O–H groups in total. The summed E-state index contributed by atoms with van der Waals surface area (Å²) in [4.78, 5) is 12.2. The van der Waals surface area contributed by atoms with Crippen molar-refractivity contribution in [3.8, 4) is 23.0 Å². The molecule has 0 aliphatic rings. The van der Waals surface area contributed by atoms with Gasteiger partial charge in [0.1, 0.15) is 12.4 Å². The molecule has 0 aliphatic heterocycles. The normalized spacial score (nSPS) is 11.0. The average molecular weight is 446 g/mol. The summed E-state index contributed by atoms with van der Waals surface area (Å²) in [5, 5.41) is 15.6. The van der Waals surface area contributed by atoms with E-state index in [-0.39, 0.29) is 19.1 Å². The summed E-state index contributed by atoms with van der Waals surface area (Å²) in [6, 6.07) is 19.3. The van der Waals surface area contributed by atoms with Crippen LogP contribution < -0.4 is 14.8 Å². The maximum atomic E-state index is 12.2. The van der Waals surface area contributed by atoms with Crippen molar-refractivity contribution < 1.29 is 14.3 Å². The number of hydrogen-bond acceptors (Lipinski definition) is 6. The molecule has 0 fully saturated rings. The van der Waals surface area contributed by atoms with E-state index in [1.165, 1.54) is 0 Å². The summed E-state index contributed by atoms with van der Waals surface area (Å²) in [6.45, 7) is 6.76. The minimum atomic E-state index is -0.205. The number of fused-ring (bicyclic) bond motifs is 1. The van der Waals surface area contributed by atoms with Gasteiger partial charge >= 0.3 is 0 Å². The van der Waals surface area contributed by atoms with E-state index in [4.69, 9.17) is 9.47 Å². The lowest BCUT2D eigenvalue weighted by atomic mass is 10.0. The molecule has 0 saturated carbocycles. The molecule has 2 aromatic carbocycles. The second-order valence-electron chi connectivity index (χ2n) is 8.01. The van der Waals surface area contributed by atoms with E-state index in [1.54, 1.807) is 16.6 Å². The highest BCUT2D eigenvalue weighted by atomic mass is 16.5. The lowest BCUT2D eigenvalue weighted by Crippen LogP contribution is -2.32. The second-order valence-corrected chi connectivity index (χ2v) is 8.01. The molecule has 33 heavy (non-hydrogen) atoms. The molecule has 0 atom stereocenters. The molecule has 170 valence electrons. The van der Waals surface area contributed by atoms with E-state index >= 15 is 0 Å². The number of aryl methyl sites for hydroxylation is 1. The van der Waals surface area contributed by atoms with E-state index in [2.05, 4.69) is 34.5 Å². The number of carbonyl (C=O) groups is 1. The Morgan fingerprint density at radius 3 is 2.64 bits per heavy atom. The monoisotopic (exact) mass is 445 g/mol. The minimum Gasteiger partial charge on any atom is -0.483 e. The van der Waals surface area contributed by atoms with E-state index in [0.717, 1.165) is 22.4 Å². The van der Waals surface area contributed by atoms with Crippen LogP contribution in [0.15, 0.2) is 60.7 Å². The summed E-state index contributed by atoms with van der Waals surface area (Å²) >= 11 is 0. The van der Waals surface area contributed by atoms with Crippen molar-refractivity contribution >= 4 is 11.6 Å². The first kappa shape index (κ1) is 22.3. The Kier molecular flexibility index (Phi) is 6.83. The molecule has 0 spiro atoms. The fourth-order valence-corrected chi connectivity index (χ4v) is 3.40. The fourth-order valence-electron chi connectivity index (χ4n) is 3.40. The van der Waals surface area contributed by atoms with E-state index in [9.17, 15) is 4.79 Å². The molecule has 4 aromatic rings. The van der Waals surface area contributed by atoms with E-state index in [1.807, 2.05) is 55.5 Å². The van der Waals surface area contributed by atoms with Crippen molar-refractivity contribution in [1.82, 2.24) is 25.1 Å². The summed E-state index contributed by atoms with van der Waals surface area (Å²) in [7, 11) is 0. The summed E-state index contributed by atoms with van der Waals surface area (Å²) < 4.78 is 13.1. The predicted octanol–water partition coefficient (Wildman–Crippen LogP) is 3.80. The van der Waals surface area contributed by atoms with Gasteiger partial charge in [-0.2, -0.15) is 4.52 Å². The molecule has 0 bridgehead atoms. The summed E-state index contributed by atoms with van der Waals surface area (Å²) in [5.41, 5.74) is 3.72. The van der Waals surface area contributed by atoms with E-state index in [0.29, 0.717) is 29.8 Å². The highest BCUT2D eigenvalue weighted by molar-refractivity contribution is 5.77. The molecular weight excluding hydrogens is 418 g/mol. The molecule has 0 unspecified atom stereocenters. The minimum absolute atomic E-state index is 0.0471. The van der Waals surface area contributed by atoms with Gasteiger partial charge in [0.2, 0.25) is 5.88 Å². The number of hydrogen-bond donors (Lipinski definition) is 1. The summed E-state index contributed by atoms with van der Waals surface area (Å²) in [5.74, 6) is 1.92. The number of ether oxygens (including phenoxy) is 2. The molecule has 0 saturated heterocycles. The van der Waals surface area contributed by atoms with Crippen LogP contribution in [0, 0.1) is 6.92 Å². The van der Waals surface area contributed by atoms with Crippen LogP contribution in [0.3, 0.4) is 0 Å². The van der Waals surface area contributed by atoms with Gasteiger partial charge in [0.15, 0.2) is 18.1 Å². The first-order valence-corrected chi connectivity index (χ1v) is 10.9. The molecule has 1 amide bonds. The number of amides is 1. The second kappa shape index (κ2) is 10.1. The van der Waals surface area contributed by atoms with Crippen LogP contribution in [-0.2, 0) is 4.79 Å². The number of carbonyl (C=O) groups excluding carboxylic acids is 1. The Morgan fingerprint density at radius 1 is 1.03 bits per heavy atom. The SMILES string of the molecule is Cc1ccc(C(C)C)c(OCC(=O)NCCOc2ccc3nnc(-c4ccccc4)n3n2)c1. The van der Waals surface area contributed by atoms with Gasteiger partial charge in [-0.15, -0.1) is 15.3 Å². The Labute approximate surface area is 192 Å². The smallest absolute Gasteiger partial charge is 0.258 e. The van der Waals surface area contributed by atoms with Gasteiger partial charge in [-0.1, -0.05) is 56.3 Å².